The van der Waals surface area contributed by atoms with Crippen molar-refractivity contribution in [1.29, 1.82) is 0 Å². The largest absolute Gasteiger partial charge is 0.393 e. The average Bonchev–Trinajstić information content (AvgIpc) is 3.23. The van der Waals surface area contributed by atoms with Crippen LogP contribution >= 0.6 is 0 Å². The van der Waals surface area contributed by atoms with Crippen molar-refractivity contribution < 1.29 is 10.2 Å². The first-order valence-corrected chi connectivity index (χ1v) is 16.0. The lowest BCUT2D eigenvalue weighted by molar-refractivity contribution is -0.152. The molecule has 2 heteroatoms. The van der Waals surface area contributed by atoms with E-state index in [9.17, 15) is 10.2 Å². The van der Waals surface area contributed by atoms with Gasteiger partial charge in [0.2, 0.25) is 0 Å². The minimum absolute atomic E-state index is 0.105. The van der Waals surface area contributed by atoms with E-state index in [1.54, 1.807) is 0 Å². The maximum Gasteiger partial charge on any atom is 0.0681 e. The number of rotatable bonds is 8. The van der Waals surface area contributed by atoms with Crippen LogP contribution < -0.4 is 0 Å². The molecule has 1 aromatic rings. The summed E-state index contributed by atoms with van der Waals surface area (Å²) in [6, 6.07) is 8.48. The zero-order valence-electron chi connectivity index (χ0n) is 24.6. The highest BCUT2D eigenvalue weighted by Crippen LogP contribution is 2.69. The van der Waals surface area contributed by atoms with Gasteiger partial charge in [0.1, 0.15) is 0 Å². The molecule has 0 saturated heterocycles. The van der Waals surface area contributed by atoms with Crippen LogP contribution in [0.3, 0.4) is 0 Å². The summed E-state index contributed by atoms with van der Waals surface area (Å²) in [4.78, 5) is 0. The van der Waals surface area contributed by atoms with Crippen LogP contribution in [0.1, 0.15) is 116 Å². The molecule has 4 saturated carbocycles. The van der Waals surface area contributed by atoms with Crippen molar-refractivity contribution in [3.05, 3.63) is 35.4 Å². The van der Waals surface area contributed by atoms with Crippen molar-refractivity contribution in [3.63, 3.8) is 0 Å². The highest BCUT2D eigenvalue weighted by molar-refractivity contribution is 5.23. The Hall–Kier alpha value is -0.860. The third-order valence-electron chi connectivity index (χ3n) is 12.8. The van der Waals surface area contributed by atoms with Crippen LogP contribution in [-0.4, -0.2) is 16.3 Å². The van der Waals surface area contributed by atoms with Gasteiger partial charge in [0.25, 0.3) is 0 Å². The van der Waals surface area contributed by atoms with Gasteiger partial charge in [-0.2, -0.15) is 0 Å². The van der Waals surface area contributed by atoms with E-state index in [0.29, 0.717) is 22.7 Å². The highest BCUT2D eigenvalue weighted by Gasteiger charge is 2.61. The molecule has 4 fully saturated rings. The quantitative estimate of drug-likeness (QED) is 0.370. The molecule has 1 aromatic carbocycles. The van der Waals surface area contributed by atoms with Crippen molar-refractivity contribution >= 4 is 0 Å². The summed E-state index contributed by atoms with van der Waals surface area (Å²) in [6.45, 7) is 12.8. The van der Waals surface area contributed by atoms with Crippen LogP contribution in [0.2, 0.25) is 0 Å². The molecular weight excluding hydrogens is 452 g/mol. The first kappa shape index (κ1) is 27.7. The summed E-state index contributed by atoms with van der Waals surface area (Å²) >= 11 is 0. The Bertz CT molecular complexity index is 891. The molecule has 0 unspecified atom stereocenters. The summed E-state index contributed by atoms with van der Waals surface area (Å²) in [6.07, 6.45) is 15.8. The molecule has 5 rings (SSSR count). The normalized spacial score (nSPS) is 42.2. The smallest absolute Gasteiger partial charge is 0.0681 e. The van der Waals surface area contributed by atoms with Gasteiger partial charge in [-0.05, 0) is 127 Å². The zero-order chi connectivity index (χ0) is 26.4. The predicted octanol–water partition coefficient (Wildman–Crippen LogP) is 8.43. The maximum absolute atomic E-state index is 11.2. The number of fused-ring (bicyclic) bond motifs is 5. The molecule has 37 heavy (non-hydrogen) atoms. The Kier molecular flexibility index (Phi) is 8.20. The fourth-order valence-corrected chi connectivity index (χ4v) is 10.9. The lowest BCUT2D eigenvalue weighted by atomic mass is 9.42. The zero-order valence-corrected chi connectivity index (χ0v) is 24.6. The SMILES string of the molecule is CC(C)CCC[C@@H](C)[C@H]1CC[C@H]2[C@@H]3CC[C@H]4[C@H](Cc5ccc(CO)cc5)[C@@H](O)CC[C@]4(C)[C@H]3CC[C@]12C. The van der Waals surface area contributed by atoms with E-state index in [4.69, 9.17) is 0 Å². The number of hydrogen-bond donors (Lipinski definition) is 2. The fraction of sp³-hybridized carbons (Fsp3) is 0.829. The van der Waals surface area contributed by atoms with Gasteiger partial charge in [-0.15, -0.1) is 0 Å². The van der Waals surface area contributed by atoms with Crippen LogP contribution in [0.5, 0.6) is 0 Å². The van der Waals surface area contributed by atoms with Gasteiger partial charge < -0.3 is 10.2 Å². The maximum atomic E-state index is 11.2. The van der Waals surface area contributed by atoms with Crippen molar-refractivity contribution in [1.82, 2.24) is 0 Å². The second-order valence-electron chi connectivity index (χ2n) is 15.0. The first-order chi connectivity index (χ1) is 17.7. The molecule has 0 spiro atoms. The standard InChI is InChI=1S/C35H56O2/c1-23(2)7-6-8-24(3)29-15-16-30-27-13-14-31-28(21-25-9-11-26(22-36)12-10-25)33(37)18-20-35(31,5)32(27)17-19-34(29,30)4/h9-12,23-24,27-33,36-37H,6-8,13-22H2,1-5H3/t24-,27+,28+,29-,30+,31+,32+,33+,34-,35+/m1/s1. The summed E-state index contributed by atoms with van der Waals surface area (Å²) in [5, 5.41) is 20.7. The average molecular weight is 509 g/mol. The molecule has 0 aromatic heterocycles. The van der Waals surface area contributed by atoms with E-state index in [1.165, 1.54) is 69.8 Å². The Labute approximate surface area is 228 Å². The molecule has 208 valence electrons. The predicted molar refractivity (Wildman–Crippen MR) is 154 cm³/mol. The Morgan fingerprint density at radius 1 is 0.784 bits per heavy atom. The molecule has 4 aliphatic carbocycles. The Morgan fingerprint density at radius 3 is 2.14 bits per heavy atom. The van der Waals surface area contributed by atoms with Gasteiger partial charge in [-0.1, -0.05) is 78.1 Å². The van der Waals surface area contributed by atoms with E-state index < -0.39 is 0 Å². The minimum Gasteiger partial charge on any atom is -0.393 e. The monoisotopic (exact) mass is 508 g/mol. The number of benzene rings is 1. The molecule has 10 atom stereocenters. The molecule has 0 amide bonds. The van der Waals surface area contributed by atoms with Crippen LogP contribution in [0.4, 0.5) is 0 Å². The van der Waals surface area contributed by atoms with Crippen LogP contribution in [0, 0.1) is 58.2 Å². The van der Waals surface area contributed by atoms with Crippen LogP contribution in [-0.2, 0) is 13.0 Å². The molecule has 0 radical (unpaired) electrons. The van der Waals surface area contributed by atoms with Gasteiger partial charge >= 0.3 is 0 Å². The van der Waals surface area contributed by atoms with Gasteiger partial charge in [0.15, 0.2) is 0 Å². The number of aliphatic hydroxyl groups excluding tert-OH is 2. The third-order valence-corrected chi connectivity index (χ3v) is 12.8. The van der Waals surface area contributed by atoms with Crippen molar-refractivity contribution in [3.8, 4) is 0 Å². The summed E-state index contributed by atoms with van der Waals surface area (Å²) in [5.41, 5.74) is 3.26. The highest BCUT2D eigenvalue weighted by atomic mass is 16.3. The van der Waals surface area contributed by atoms with E-state index in [-0.39, 0.29) is 12.7 Å². The van der Waals surface area contributed by atoms with Crippen molar-refractivity contribution in [2.45, 2.75) is 124 Å². The van der Waals surface area contributed by atoms with Crippen molar-refractivity contribution in [2.24, 2.45) is 58.2 Å². The summed E-state index contributed by atoms with van der Waals surface area (Å²) in [7, 11) is 0. The van der Waals surface area contributed by atoms with E-state index in [2.05, 4.69) is 58.9 Å². The van der Waals surface area contributed by atoms with Crippen molar-refractivity contribution in [2.75, 3.05) is 0 Å². The Morgan fingerprint density at radius 2 is 1.43 bits per heavy atom. The second-order valence-corrected chi connectivity index (χ2v) is 15.0. The van der Waals surface area contributed by atoms with Crippen LogP contribution in [0.15, 0.2) is 24.3 Å². The lowest BCUT2D eigenvalue weighted by Crippen LogP contribution is -2.57. The summed E-state index contributed by atoms with van der Waals surface area (Å²) in [5.74, 6) is 6.36. The third kappa shape index (κ3) is 5.08. The number of hydrogen-bond acceptors (Lipinski definition) is 2. The minimum atomic E-state index is -0.163. The second kappa shape index (κ2) is 11.0. The molecule has 0 bridgehead atoms. The van der Waals surface area contributed by atoms with E-state index in [0.717, 1.165) is 53.9 Å². The molecular formula is C35H56O2. The van der Waals surface area contributed by atoms with Crippen LogP contribution in [0.25, 0.3) is 0 Å². The molecule has 4 aliphatic rings. The van der Waals surface area contributed by atoms with Gasteiger partial charge in [0, 0.05) is 0 Å². The van der Waals surface area contributed by atoms with Gasteiger partial charge in [-0.25, -0.2) is 0 Å². The fourth-order valence-electron chi connectivity index (χ4n) is 10.9. The molecule has 2 N–H and O–H groups in total. The van der Waals surface area contributed by atoms with E-state index in [1.807, 2.05) is 0 Å². The topological polar surface area (TPSA) is 40.5 Å². The van der Waals surface area contributed by atoms with Gasteiger partial charge in [-0.3, -0.25) is 0 Å². The Balaban J connectivity index is 1.30. The molecule has 2 nitrogen and oxygen atoms in total. The molecule has 0 aliphatic heterocycles. The lowest BCUT2D eigenvalue weighted by Gasteiger charge is -2.63. The first-order valence-electron chi connectivity index (χ1n) is 16.0. The number of aliphatic hydroxyl groups is 2. The molecule has 0 heterocycles. The van der Waals surface area contributed by atoms with Gasteiger partial charge in [0.05, 0.1) is 12.7 Å². The van der Waals surface area contributed by atoms with E-state index >= 15 is 0 Å². The summed E-state index contributed by atoms with van der Waals surface area (Å²) < 4.78 is 0.